The van der Waals surface area contributed by atoms with Gasteiger partial charge in [-0.1, -0.05) is 25.9 Å². The van der Waals surface area contributed by atoms with Gasteiger partial charge in [-0.05, 0) is 12.1 Å². The first-order valence-electron chi connectivity index (χ1n) is 7.98. The van der Waals surface area contributed by atoms with Crippen molar-refractivity contribution in [2.75, 3.05) is 19.8 Å². The molecule has 2 heterocycles. The first-order chi connectivity index (χ1) is 11.8. The van der Waals surface area contributed by atoms with Gasteiger partial charge in [0.05, 0.1) is 4.90 Å². The second kappa shape index (κ2) is 6.64. The molecule has 9 heteroatoms. The minimum Gasteiger partial charge on any atom is -0.486 e. The SMILES string of the molecule is CC(C)(C)c1nc(CCNS(=O)(=O)c2ccc3c(c2)OCCO3)no1. The van der Waals surface area contributed by atoms with Gasteiger partial charge in [-0.3, -0.25) is 0 Å². The maximum atomic E-state index is 12.4. The van der Waals surface area contributed by atoms with Crippen LogP contribution in [0.2, 0.25) is 0 Å². The number of aromatic nitrogens is 2. The monoisotopic (exact) mass is 367 g/mol. The van der Waals surface area contributed by atoms with Gasteiger partial charge in [-0.15, -0.1) is 0 Å². The largest absolute Gasteiger partial charge is 0.486 e. The van der Waals surface area contributed by atoms with Gasteiger partial charge in [-0.2, -0.15) is 4.98 Å². The first kappa shape index (κ1) is 17.7. The number of fused-ring (bicyclic) bond motifs is 1. The molecule has 25 heavy (non-hydrogen) atoms. The van der Waals surface area contributed by atoms with Crippen LogP contribution in [0.1, 0.15) is 32.5 Å². The lowest BCUT2D eigenvalue weighted by atomic mass is 9.97. The molecular formula is C16H21N3O5S. The Kier molecular flexibility index (Phi) is 4.70. The zero-order chi connectivity index (χ0) is 18.1. The smallest absolute Gasteiger partial charge is 0.240 e. The number of nitrogens with one attached hydrogen (secondary N) is 1. The van der Waals surface area contributed by atoms with Crippen LogP contribution in [0.5, 0.6) is 11.5 Å². The quantitative estimate of drug-likeness (QED) is 0.857. The van der Waals surface area contributed by atoms with Crippen molar-refractivity contribution in [2.45, 2.75) is 37.5 Å². The zero-order valence-electron chi connectivity index (χ0n) is 14.4. The third kappa shape index (κ3) is 4.10. The van der Waals surface area contributed by atoms with Gasteiger partial charge >= 0.3 is 0 Å². The van der Waals surface area contributed by atoms with E-state index in [0.717, 1.165) is 0 Å². The van der Waals surface area contributed by atoms with Crippen molar-refractivity contribution in [1.82, 2.24) is 14.9 Å². The first-order valence-corrected chi connectivity index (χ1v) is 9.46. The van der Waals surface area contributed by atoms with Gasteiger partial charge in [0.15, 0.2) is 17.3 Å². The van der Waals surface area contributed by atoms with Gasteiger partial charge in [-0.25, -0.2) is 13.1 Å². The number of rotatable bonds is 5. The maximum absolute atomic E-state index is 12.4. The molecule has 1 aromatic heterocycles. The molecule has 0 spiro atoms. The molecule has 0 radical (unpaired) electrons. The van der Waals surface area contributed by atoms with E-state index in [4.69, 9.17) is 14.0 Å². The Morgan fingerprint density at radius 1 is 1.16 bits per heavy atom. The van der Waals surface area contributed by atoms with Gasteiger partial charge in [0.25, 0.3) is 0 Å². The molecule has 0 aliphatic carbocycles. The molecule has 0 amide bonds. The molecular weight excluding hydrogens is 346 g/mol. The minimum atomic E-state index is -3.66. The molecule has 0 atom stereocenters. The topological polar surface area (TPSA) is 104 Å². The predicted molar refractivity (Wildman–Crippen MR) is 89.3 cm³/mol. The van der Waals surface area contributed by atoms with Gasteiger partial charge in [0.1, 0.15) is 13.2 Å². The van der Waals surface area contributed by atoms with Crippen molar-refractivity contribution >= 4 is 10.0 Å². The number of hydrogen-bond acceptors (Lipinski definition) is 7. The van der Waals surface area contributed by atoms with Crippen LogP contribution < -0.4 is 14.2 Å². The standard InChI is InChI=1S/C16H21N3O5S/c1-16(2,3)15-18-14(19-24-15)6-7-17-25(20,21)11-4-5-12-13(10-11)23-9-8-22-12/h4-5,10,17H,6-9H2,1-3H3. The lowest BCUT2D eigenvalue weighted by molar-refractivity contribution is 0.171. The van der Waals surface area contributed by atoms with Crippen LogP contribution in [-0.2, 0) is 21.9 Å². The van der Waals surface area contributed by atoms with Gasteiger partial charge in [0.2, 0.25) is 15.9 Å². The molecule has 8 nitrogen and oxygen atoms in total. The second-order valence-electron chi connectivity index (χ2n) is 6.72. The Morgan fingerprint density at radius 3 is 2.56 bits per heavy atom. The summed E-state index contributed by atoms with van der Waals surface area (Å²) in [7, 11) is -3.66. The summed E-state index contributed by atoms with van der Waals surface area (Å²) in [5.74, 6) is 1.97. The average Bonchev–Trinajstić information content (AvgIpc) is 3.03. The molecule has 0 fully saturated rings. The Balaban J connectivity index is 1.63. The fourth-order valence-corrected chi connectivity index (χ4v) is 3.28. The Morgan fingerprint density at radius 2 is 1.88 bits per heavy atom. The molecule has 136 valence electrons. The molecule has 0 saturated heterocycles. The summed E-state index contributed by atoms with van der Waals surface area (Å²) >= 11 is 0. The molecule has 1 aliphatic rings. The van der Waals surface area contributed by atoms with E-state index < -0.39 is 10.0 Å². The molecule has 0 saturated carbocycles. The summed E-state index contributed by atoms with van der Waals surface area (Å²) in [5.41, 5.74) is -0.240. The maximum Gasteiger partial charge on any atom is 0.240 e. The van der Waals surface area contributed by atoms with E-state index in [1.165, 1.54) is 12.1 Å². The fourth-order valence-electron chi connectivity index (χ4n) is 2.23. The molecule has 1 aliphatic heterocycles. The van der Waals surface area contributed by atoms with Crippen LogP contribution in [-0.4, -0.2) is 38.3 Å². The van der Waals surface area contributed by atoms with Gasteiger partial charge < -0.3 is 14.0 Å². The number of benzene rings is 1. The average molecular weight is 367 g/mol. The van der Waals surface area contributed by atoms with Crippen molar-refractivity contribution in [2.24, 2.45) is 0 Å². The van der Waals surface area contributed by atoms with Crippen LogP contribution in [0, 0.1) is 0 Å². The minimum absolute atomic E-state index is 0.125. The van der Waals surface area contributed by atoms with E-state index in [1.807, 2.05) is 20.8 Å². The van der Waals surface area contributed by atoms with E-state index in [-0.39, 0.29) is 16.9 Å². The van der Waals surface area contributed by atoms with E-state index in [0.29, 0.717) is 42.8 Å². The number of hydrogen-bond donors (Lipinski definition) is 1. The van der Waals surface area contributed by atoms with Crippen molar-refractivity contribution in [3.8, 4) is 11.5 Å². The fraction of sp³-hybridized carbons (Fsp3) is 0.500. The highest BCUT2D eigenvalue weighted by Crippen LogP contribution is 2.32. The third-order valence-corrected chi connectivity index (χ3v) is 5.03. The Hall–Kier alpha value is -2.13. The summed E-state index contributed by atoms with van der Waals surface area (Å²) in [6.07, 6.45) is 0.337. The third-order valence-electron chi connectivity index (χ3n) is 3.57. The number of sulfonamides is 1. The van der Waals surface area contributed by atoms with Crippen molar-refractivity contribution in [3.05, 3.63) is 29.9 Å². The van der Waals surface area contributed by atoms with Crippen LogP contribution in [0.15, 0.2) is 27.6 Å². The van der Waals surface area contributed by atoms with E-state index >= 15 is 0 Å². The molecule has 2 aromatic rings. The highest BCUT2D eigenvalue weighted by atomic mass is 32.2. The highest BCUT2D eigenvalue weighted by Gasteiger charge is 2.22. The summed E-state index contributed by atoms with van der Waals surface area (Å²) in [4.78, 5) is 4.41. The van der Waals surface area contributed by atoms with Crippen molar-refractivity contribution in [3.63, 3.8) is 0 Å². The summed E-state index contributed by atoms with van der Waals surface area (Å²) < 4.78 is 43.3. The zero-order valence-corrected chi connectivity index (χ0v) is 15.2. The van der Waals surface area contributed by atoms with Crippen LogP contribution in [0.25, 0.3) is 0 Å². The van der Waals surface area contributed by atoms with Crippen molar-refractivity contribution in [1.29, 1.82) is 0 Å². The lowest BCUT2D eigenvalue weighted by Gasteiger charge is -2.18. The van der Waals surface area contributed by atoms with E-state index in [9.17, 15) is 8.42 Å². The van der Waals surface area contributed by atoms with E-state index in [1.54, 1.807) is 6.07 Å². The molecule has 1 N–H and O–H groups in total. The number of ether oxygens (including phenoxy) is 2. The Labute approximate surface area is 146 Å². The molecule has 1 aromatic carbocycles. The van der Waals surface area contributed by atoms with Crippen LogP contribution in [0.3, 0.4) is 0 Å². The lowest BCUT2D eigenvalue weighted by Crippen LogP contribution is -2.26. The van der Waals surface area contributed by atoms with Crippen molar-refractivity contribution < 1.29 is 22.4 Å². The summed E-state index contributed by atoms with van der Waals surface area (Å²) in [5, 5.41) is 3.88. The van der Waals surface area contributed by atoms with E-state index in [2.05, 4.69) is 14.9 Å². The van der Waals surface area contributed by atoms with Crippen LogP contribution >= 0.6 is 0 Å². The summed E-state index contributed by atoms with van der Waals surface area (Å²) in [6.45, 7) is 6.93. The van der Waals surface area contributed by atoms with Gasteiger partial charge in [0, 0.05) is 24.4 Å². The normalized spacial score (nSPS) is 14.5. The molecule has 0 bridgehead atoms. The predicted octanol–water partition coefficient (Wildman–Crippen LogP) is 1.66. The molecule has 0 unspecified atom stereocenters. The summed E-state index contributed by atoms with van der Waals surface area (Å²) in [6, 6.07) is 4.54. The highest BCUT2D eigenvalue weighted by molar-refractivity contribution is 7.89. The van der Waals surface area contributed by atoms with Crippen LogP contribution in [0.4, 0.5) is 0 Å². The number of nitrogens with zero attached hydrogens (tertiary/aromatic N) is 2. The molecule has 3 rings (SSSR count). The second-order valence-corrected chi connectivity index (χ2v) is 8.49. The Bertz CT molecular complexity index is 855.